The monoisotopic (exact) mass is 419 g/mol. The lowest BCUT2D eigenvalue weighted by Gasteiger charge is -2.16. The Hall–Kier alpha value is -3.48. The molecule has 1 aliphatic heterocycles. The summed E-state index contributed by atoms with van der Waals surface area (Å²) < 4.78 is 10.6. The van der Waals surface area contributed by atoms with E-state index >= 15 is 0 Å². The van der Waals surface area contributed by atoms with Gasteiger partial charge in [-0.05, 0) is 17.0 Å². The van der Waals surface area contributed by atoms with Gasteiger partial charge in [0, 0.05) is 25.1 Å². The Morgan fingerprint density at radius 2 is 1.90 bits per heavy atom. The molecule has 1 atom stereocenters. The molecule has 4 rings (SSSR count). The number of esters is 1. The van der Waals surface area contributed by atoms with E-state index in [-0.39, 0.29) is 24.8 Å². The second-order valence-electron chi connectivity index (χ2n) is 8.06. The minimum Gasteiger partial charge on any atom is -0.455 e. The van der Waals surface area contributed by atoms with Gasteiger partial charge in [-0.15, -0.1) is 0 Å². The Balaban J connectivity index is 1.30. The van der Waals surface area contributed by atoms with Gasteiger partial charge in [0.1, 0.15) is 0 Å². The fourth-order valence-electron chi connectivity index (χ4n) is 3.59. The van der Waals surface area contributed by atoms with Crippen LogP contribution in [0.25, 0.3) is 11.4 Å². The molecule has 0 spiro atoms. The molecule has 3 aromatic rings. The van der Waals surface area contributed by atoms with E-state index < -0.39 is 11.9 Å². The van der Waals surface area contributed by atoms with Gasteiger partial charge in [-0.3, -0.25) is 9.59 Å². The van der Waals surface area contributed by atoms with E-state index in [9.17, 15) is 9.59 Å². The molecule has 160 valence electrons. The zero-order valence-corrected chi connectivity index (χ0v) is 17.7. The normalized spacial score (nSPS) is 16.2. The zero-order chi connectivity index (χ0) is 21.8. The van der Waals surface area contributed by atoms with E-state index in [0.717, 1.165) is 11.1 Å². The molecule has 7 heteroatoms. The van der Waals surface area contributed by atoms with E-state index in [1.54, 1.807) is 4.90 Å². The second kappa shape index (κ2) is 9.12. The van der Waals surface area contributed by atoms with E-state index in [4.69, 9.17) is 9.26 Å². The van der Waals surface area contributed by atoms with Crippen LogP contribution >= 0.6 is 0 Å². The number of likely N-dealkylation sites (tertiary alicyclic amines) is 1. The molecule has 0 bridgehead atoms. The third-order valence-electron chi connectivity index (χ3n) is 5.41. The molecule has 1 saturated heterocycles. The summed E-state index contributed by atoms with van der Waals surface area (Å²) in [5, 5.41) is 3.97. The van der Waals surface area contributed by atoms with Gasteiger partial charge in [0.15, 0.2) is 6.61 Å². The summed E-state index contributed by atoms with van der Waals surface area (Å²) in [6, 6.07) is 17.7. The second-order valence-corrected chi connectivity index (χ2v) is 8.06. The molecule has 1 fully saturated rings. The maximum atomic E-state index is 12.4. The number of hydrogen-bond acceptors (Lipinski definition) is 6. The molecule has 2 heterocycles. The van der Waals surface area contributed by atoms with Gasteiger partial charge in [-0.2, -0.15) is 4.98 Å². The smallest absolute Gasteiger partial charge is 0.311 e. The first-order valence-corrected chi connectivity index (χ1v) is 10.4. The molecule has 1 aromatic heterocycles. The number of nitrogens with zero attached hydrogens (tertiary/aromatic N) is 3. The van der Waals surface area contributed by atoms with Gasteiger partial charge in [-0.1, -0.05) is 73.6 Å². The number of aromatic nitrogens is 2. The van der Waals surface area contributed by atoms with Gasteiger partial charge in [-0.25, -0.2) is 0 Å². The first-order valence-electron chi connectivity index (χ1n) is 10.4. The number of amides is 1. The Kier molecular flexibility index (Phi) is 6.11. The zero-order valence-electron chi connectivity index (χ0n) is 17.7. The van der Waals surface area contributed by atoms with Gasteiger partial charge in [0.05, 0.1) is 5.92 Å². The summed E-state index contributed by atoms with van der Waals surface area (Å²) in [5.74, 6) is 0.163. The van der Waals surface area contributed by atoms with E-state index in [0.29, 0.717) is 24.8 Å². The highest BCUT2D eigenvalue weighted by Crippen LogP contribution is 2.23. The fourth-order valence-corrected chi connectivity index (χ4v) is 3.59. The van der Waals surface area contributed by atoms with Crippen LogP contribution in [-0.2, 0) is 27.5 Å². The number of carbonyl (C=O) groups excluding carboxylic acids is 2. The summed E-state index contributed by atoms with van der Waals surface area (Å²) >= 11 is 0. The van der Waals surface area contributed by atoms with Gasteiger partial charge < -0.3 is 14.2 Å². The van der Waals surface area contributed by atoms with Crippen molar-refractivity contribution >= 4 is 11.9 Å². The van der Waals surface area contributed by atoms with Crippen molar-refractivity contribution in [2.45, 2.75) is 39.3 Å². The Morgan fingerprint density at radius 1 is 1.16 bits per heavy atom. The van der Waals surface area contributed by atoms with Crippen LogP contribution in [0.15, 0.2) is 59.1 Å². The molecule has 2 aromatic carbocycles. The molecular formula is C24H25N3O4. The summed E-state index contributed by atoms with van der Waals surface area (Å²) in [5.41, 5.74) is 3.10. The van der Waals surface area contributed by atoms with Crippen molar-refractivity contribution in [3.05, 3.63) is 71.6 Å². The van der Waals surface area contributed by atoms with Crippen LogP contribution in [0.2, 0.25) is 0 Å². The van der Waals surface area contributed by atoms with E-state index in [1.165, 1.54) is 5.56 Å². The molecule has 0 radical (unpaired) electrons. The quantitative estimate of drug-likeness (QED) is 0.539. The molecule has 0 N–H and O–H groups in total. The third kappa shape index (κ3) is 4.99. The lowest BCUT2D eigenvalue weighted by molar-refractivity contribution is -0.150. The van der Waals surface area contributed by atoms with Crippen molar-refractivity contribution in [1.29, 1.82) is 0 Å². The highest BCUT2D eigenvalue weighted by atomic mass is 16.6. The summed E-state index contributed by atoms with van der Waals surface area (Å²) in [6.07, 6.45) is 0.156. The van der Waals surface area contributed by atoms with Crippen LogP contribution in [-0.4, -0.2) is 33.5 Å². The van der Waals surface area contributed by atoms with Crippen molar-refractivity contribution in [3.8, 4) is 11.4 Å². The van der Waals surface area contributed by atoms with Crippen LogP contribution in [0, 0.1) is 5.92 Å². The van der Waals surface area contributed by atoms with Crippen molar-refractivity contribution in [2.24, 2.45) is 5.92 Å². The van der Waals surface area contributed by atoms with Crippen LogP contribution in [0.3, 0.4) is 0 Å². The molecule has 31 heavy (non-hydrogen) atoms. The molecular weight excluding hydrogens is 394 g/mol. The van der Waals surface area contributed by atoms with Crippen molar-refractivity contribution in [1.82, 2.24) is 15.0 Å². The predicted molar refractivity (Wildman–Crippen MR) is 114 cm³/mol. The largest absolute Gasteiger partial charge is 0.455 e. The van der Waals surface area contributed by atoms with Gasteiger partial charge >= 0.3 is 5.97 Å². The number of benzene rings is 2. The summed E-state index contributed by atoms with van der Waals surface area (Å²) in [7, 11) is 0. The maximum Gasteiger partial charge on any atom is 0.311 e. The average Bonchev–Trinajstić information content (AvgIpc) is 3.40. The number of ether oxygens (including phenoxy) is 1. The average molecular weight is 419 g/mol. The first kappa shape index (κ1) is 20.8. The Labute approximate surface area is 181 Å². The highest BCUT2D eigenvalue weighted by Gasteiger charge is 2.35. The van der Waals surface area contributed by atoms with E-state index in [2.05, 4.69) is 24.0 Å². The number of rotatable bonds is 7. The highest BCUT2D eigenvalue weighted by molar-refractivity contribution is 5.86. The number of carbonyl (C=O) groups is 2. The van der Waals surface area contributed by atoms with Gasteiger partial charge in [0.2, 0.25) is 11.7 Å². The van der Waals surface area contributed by atoms with Crippen LogP contribution in [0.1, 0.15) is 43.2 Å². The predicted octanol–water partition coefficient (Wildman–Crippen LogP) is 3.95. The molecule has 1 unspecified atom stereocenters. The standard InChI is InChI=1S/C24H25N3O4/c1-16(2)18-8-10-19(11-9-18)23-25-21(31-26-23)15-30-24(29)20-12-22(28)27(14-20)13-17-6-4-3-5-7-17/h3-11,16,20H,12-15H2,1-2H3. The minimum absolute atomic E-state index is 0.0456. The molecule has 0 saturated carbocycles. The van der Waals surface area contributed by atoms with Crippen LogP contribution < -0.4 is 0 Å². The van der Waals surface area contributed by atoms with Crippen LogP contribution in [0.5, 0.6) is 0 Å². The third-order valence-corrected chi connectivity index (χ3v) is 5.41. The van der Waals surface area contributed by atoms with E-state index in [1.807, 2.05) is 54.6 Å². The van der Waals surface area contributed by atoms with Crippen molar-refractivity contribution in [2.75, 3.05) is 6.54 Å². The Morgan fingerprint density at radius 3 is 2.61 bits per heavy atom. The van der Waals surface area contributed by atoms with Crippen LogP contribution in [0.4, 0.5) is 0 Å². The first-order chi connectivity index (χ1) is 15.0. The fraction of sp³-hybridized carbons (Fsp3) is 0.333. The molecule has 1 amide bonds. The SMILES string of the molecule is CC(C)c1ccc(-c2noc(COC(=O)C3CC(=O)N(Cc4ccccc4)C3)n2)cc1. The van der Waals surface area contributed by atoms with Crippen molar-refractivity contribution in [3.63, 3.8) is 0 Å². The number of hydrogen-bond donors (Lipinski definition) is 0. The minimum atomic E-state index is -0.484. The molecule has 1 aliphatic rings. The lowest BCUT2D eigenvalue weighted by atomic mass is 10.0. The Bertz CT molecular complexity index is 1040. The maximum absolute atomic E-state index is 12.4. The summed E-state index contributed by atoms with van der Waals surface area (Å²) in [6.45, 7) is 5.00. The summed E-state index contributed by atoms with van der Waals surface area (Å²) in [4.78, 5) is 30.7. The van der Waals surface area contributed by atoms with Gasteiger partial charge in [0.25, 0.3) is 5.89 Å². The lowest BCUT2D eigenvalue weighted by Crippen LogP contribution is -2.26. The molecule has 7 nitrogen and oxygen atoms in total. The molecule has 0 aliphatic carbocycles. The topological polar surface area (TPSA) is 85.5 Å². The van der Waals surface area contributed by atoms with Crippen molar-refractivity contribution < 1.29 is 18.8 Å².